The van der Waals surface area contributed by atoms with Crippen molar-refractivity contribution < 1.29 is 9.84 Å². The van der Waals surface area contributed by atoms with Gasteiger partial charge in [-0.1, -0.05) is 60.1 Å². The van der Waals surface area contributed by atoms with Crippen LogP contribution in [0.1, 0.15) is 47.5 Å². The van der Waals surface area contributed by atoms with Crippen LogP contribution < -0.4 is 10.1 Å². The third-order valence-corrected chi connectivity index (χ3v) is 5.95. The molecule has 0 spiro atoms. The van der Waals surface area contributed by atoms with E-state index >= 15 is 0 Å². The molecule has 0 aromatic heterocycles. The fourth-order valence-corrected chi connectivity index (χ4v) is 4.53. The van der Waals surface area contributed by atoms with E-state index in [2.05, 4.69) is 29.6 Å². The molecular formula is C25H26ClNO2. The van der Waals surface area contributed by atoms with Gasteiger partial charge in [-0.2, -0.15) is 0 Å². The number of aromatic hydroxyl groups is 1. The Kier molecular flexibility index (Phi) is 6.08. The Morgan fingerprint density at radius 3 is 2.66 bits per heavy atom. The summed E-state index contributed by atoms with van der Waals surface area (Å²) in [4.78, 5) is 0. The van der Waals surface area contributed by atoms with Crippen molar-refractivity contribution in [1.82, 2.24) is 5.32 Å². The number of nitrogens with one attached hydrogen (secondary N) is 1. The average molecular weight is 408 g/mol. The highest BCUT2D eigenvalue weighted by molar-refractivity contribution is 6.30. The largest absolute Gasteiger partial charge is 0.508 e. The molecular weight excluding hydrogens is 382 g/mol. The Balaban J connectivity index is 1.66. The lowest BCUT2D eigenvalue weighted by molar-refractivity contribution is 0.155. The van der Waals surface area contributed by atoms with E-state index in [9.17, 15) is 5.11 Å². The molecule has 29 heavy (non-hydrogen) atoms. The van der Waals surface area contributed by atoms with Crippen LogP contribution >= 0.6 is 11.6 Å². The van der Waals surface area contributed by atoms with Crippen LogP contribution in [0.5, 0.6) is 11.5 Å². The Labute approximate surface area is 177 Å². The van der Waals surface area contributed by atoms with Crippen LogP contribution in [0.3, 0.4) is 0 Å². The normalized spacial score (nSPS) is 19.2. The zero-order valence-corrected chi connectivity index (χ0v) is 17.3. The minimum Gasteiger partial charge on any atom is -0.508 e. The Morgan fingerprint density at radius 2 is 1.90 bits per heavy atom. The zero-order chi connectivity index (χ0) is 20.2. The van der Waals surface area contributed by atoms with Crippen molar-refractivity contribution in [2.45, 2.75) is 30.8 Å². The molecule has 0 saturated heterocycles. The summed E-state index contributed by atoms with van der Waals surface area (Å²) in [6.45, 7) is 0.876. The van der Waals surface area contributed by atoms with Gasteiger partial charge in [0, 0.05) is 17.6 Å². The van der Waals surface area contributed by atoms with Crippen molar-refractivity contribution in [3.63, 3.8) is 0 Å². The first-order valence-electron chi connectivity index (χ1n) is 10.1. The first-order chi connectivity index (χ1) is 14.1. The third kappa shape index (κ3) is 4.58. The maximum atomic E-state index is 10.0. The summed E-state index contributed by atoms with van der Waals surface area (Å²) in [5.41, 5.74) is 3.58. The minimum atomic E-state index is -0.0231. The van der Waals surface area contributed by atoms with E-state index in [1.807, 2.05) is 43.4 Å². The molecule has 150 valence electrons. The molecule has 3 aromatic carbocycles. The first-order valence-corrected chi connectivity index (χ1v) is 10.5. The fraction of sp³-hybridized carbons (Fsp3) is 0.280. The van der Waals surface area contributed by atoms with E-state index in [4.69, 9.17) is 16.3 Å². The topological polar surface area (TPSA) is 41.5 Å². The Bertz CT molecular complexity index is 960. The van der Waals surface area contributed by atoms with Crippen molar-refractivity contribution in [1.29, 1.82) is 0 Å². The number of phenolic OH excluding ortho intramolecular Hbond substituents is 1. The lowest BCUT2D eigenvalue weighted by atomic mass is 9.79. The van der Waals surface area contributed by atoms with E-state index in [-0.39, 0.29) is 11.9 Å². The van der Waals surface area contributed by atoms with E-state index in [0.29, 0.717) is 11.8 Å². The number of benzene rings is 3. The molecule has 4 rings (SSSR count). The van der Waals surface area contributed by atoms with Crippen LogP contribution in [0.2, 0.25) is 5.02 Å². The van der Waals surface area contributed by atoms with Crippen molar-refractivity contribution >= 4 is 11.6 Å². The summed E-state index contributed by atoms with van der Waals surface area (Å²) in [7, 11) is 1.99. The molecule has 3 unspecified atom stereocenters. The summed E-state index contributed by atoms with van der Waals surface area (Å²) in [6, 6.07) is 24.0. The van der Waals surface area contributed by atoms with Crippen molar-refractivity contribution in [3.05, 3.63) is 94.5 Å². The second kappa shape index (κ2) is 8.89. The molecule has 0 bridgehead atoms. The summed E-state index contributed by atoms with van der Waals surface area (Å²) >= 11 is 6.27. The lowest BCUT2D eigenvalue weighted by Gasteiger charge is -2.34. The van der Waals surface area contributed by atoms with Crippen LogP contribution in [-0.4, -0.2) is 18.7 Å². The lowest BCUT2D eigenvalue weighted by Crippen LogP contribution is -2.24. The number of hydrogen-bond donors (Lipinski definition) is 2. The van der Waals surface area contributed by atoms with Gasteiger partial charge in [0.2, 0.25) is 0 Å². The SMILES string of the molecule is CNCC(CC1CC(c2ccccc2)Oc2cc(O)ccc21)c1cccc(Cl)c1. The van der Waals surface area contributed by atoms with Gasteiger partial charge in [-0.15, -0.1) is 0 Å². The van der Waals surface area contributed by atoms with Gasteiger partial charge in [0.15, 0.2) is 0 Å². The molecule has 0 aliphatic carbocycles. The van der Waals surface area contributed by atoms with Crippen molar-refractivity contribution in [2.75, 3.05) is 13.6 Å². The fourth-order valence-electron chi connectivity index (χ4n) is 4.33. The number of halogens is 1. The molecule has 3 nitrogen and oxygen atoms in total. The Hall–Kier alpha value is -2.49. The first kappa shape index (κ1) is 19.8. The molecule has 0 radical (unpaired) electrons. The van der Waals surface area contributed by atoms with Gasteiger partial charge >= 0.3 is 0 Å². The molecule has 0 fully saturated rings. The van der Waals surface area contributed by atoms with Gasteiger partial charge in [0.05, 0.1) is 0 Å². The second-order valence-corrected chi connectivity index (χ2v) is 8.15. The van der Waals surface area contributed by atoms with Gasteiger partial charge in [-0.3, -0.25) is 0 Å². The monoisotopic (exact) mass is 407 g/mol. The van der Waals surface area contributed by atoms with Crippen LogP contribution in [-0.2, 0) is 0 Å². The van der Waals surface area contributed by atoms with Gasteiger partial charge in [-0.25, -0.2) is 0 Å². The van der Waals surface area contributed by atoms with Gasteiger partial charge in [-0.05, 0) is 66.6 Å². The second-order valence-electron chi connectivity index (χ2n) is 7.72. The van der Waals surface area contributed by atoms with Gasteiger partial charge in [0.1, 0.15) is 17.6 Å². The Morgan fingerprint density at radius 1 is 1.07 bits per heavy atom. The maximum Gasteiger partial charge on any atom is 0.127 e. The van der Waals surface area contributed by atoms with E-state index < -0.39 is 0 Å². The molecule has 1 aliphatic heterocycles. The van der Waals surface area contributed by atoms with E-state index in [0.717, 1.165) is 35.7 Å². The molecule has 2 N–H and O–H groups in total. The number of fused-ring (bicyclic) bond motifs is 1. The third-order valence-electron chi connectivity index (χ3n) is 5.72. The number of ether oxygens (including phenoxy) is 1. The van der Waals surface area contributed by atoms with Crippen LogP contribution in [0.25, 0.3) is 0 Å². The molecule has 3 atom stereocenters. The minimum absolute atomic E-state index is 0.0231. The number of rotatable bonds is 6. The molecule has 0 saturated carbocycles. The summed E-state index contributed by atoms with van der Waals surface area (Å²) in [5, 5.41) is 14.1. The smallest absolute Gasteiger partial charge is 0.127 e. The van der Waals surface area contributed by atoms with Gasteiger partial charge in [0.25, 0.3) is 0 Å². The average Bonchev–Trinajstić information content (AvgIpc) is 2.73. The van der Waals surface area contributed by atoms with Gasteiger partial charge < -0.3 is 15.2 Å². The van der Waals surface area contributed by atoms with Crippen molar-refractivity contribution in [3.8, 4) is 11.5 Å². The highest BCUT2D eigenvalue weighted by Gasteiger charge is 2.31. The number of phenols is 1. The highest BCUT2D eigenvalue weighted by atomic mass is 35.5. The number of likely N-dealkylation sites (N-methyl/N-ethyl adjacent to an activating group) is 1. The quantitative estimate of drug-likeness (QED) is 0.522. The van der Waals surface area contributed by atoms with Crippen LogP contribution in [0, 0.1) is 0 Å². The van der Waals surface area contributed by atoms with Crippen molar-refractivity contribution in [2.24, 2.45) is 0 Å². The molecule has 0 amide bonds. The summed E-state index contributed by atoms with van der Waals surface area (Å²) in [5.74, 6) is 1.67. The predicted octanol–water partition coefficient (Wildman–Crippen LogP) is 6.05. The maximum absolute atomic E-state index is 10.0. The predicted molar refractivity (Wildman–Crippen MR) is 118 cm³/mol. The van der Waals surface area contributed by atoms with E-state index in [1.54, 1.807) is 12.1 Å². The molecule has 3 aromatic rings. The summed E-state index contributed by atoms with van der Waals surface area (Å²) in [6.07, 6.45) is 1.86. The summed E-state index contributed by atoms with van der Waals surface area (Å²) < 4.78 is 6.30. The van der Waals surface area contributed by atoms with Crippen LogP contribution in [0.4, 0.5) is 0 Å². The van der Waals surface area contributed by atoms with E-state index in [1.165, 1.54) is 11.1 Å². The highest BCUT2D eigenvalue weighted by Crippen LogP contribution is 2.47. The molecule has 1 aliphatic rings. The standard InChI is InChI=1S/C25H26ClNO2/c1-27-16-20(18-8-5-9-21(26)13-18)12-19-14-24(17-6-3-2-4-7-17)29-25-15-22(28)10-11-23(19)25/h2-11,13,15,19-20,24,27-28H,12,14,16H2,1H3. The molecule has 1 heterocycles. The number of hydrogen-bond acceptors (Lipinski definition) is 3. The molecule has 4 heteroatoms. The van der Waals surface area contributed by atoms with Crippen LogP contribution in [0.15, 0.2) is 72.8 Å². The zero-order valence-electron chi connectivity index (χ0n) is 16.5.